The maximum absolute atomic E-state index is 9.29. The summed E-state index contributed by atoms with van der Waals surface area (Å²) in [6.07, 6.45) is 6.57. The molecule has 1 saturated carbocycles. The highest BCUT2D eigenvalue weighted by molar-refractivity contribution is 6.33. The Bertz CT molecular complexity index is 623. The summed E-state index contributed by atoms with van der Waals surface area (Å²) >= 11 is 6.22. The number of rotatable bonds is 5. The first kappa shape index (κ1) is 14.7. The first-order valence-electron chi connectivity index (χ1n) is 7.38. The molecule has 1 aliphatic carbocycles. The van der Waals surface area contributed by atoms with Crippen molar-refractivity contribution in [2.45, 2.75) is 38.3 Å². The molecule has 21 heavy (non-hydrogen) atoms. The van der Waals surface area contributed by atoms with E-state index in [0.29, 0.717) is 30.1 Å². The van der Waals surface area contributed by atoms with Crippen LogP contribution in [-0.2, 0) is 13.6 Å². The van der Waals surface area contributed by atoms with E-state index in [0.717, 1.165) is 11.0 Å². The van der Waals surface area contributed by atoms with E-state index < -0.39 is 0 Å². The molecule has 6 nitrogen and oxygen atoms in total. The smallest absolute Gasteiger partial charge is 0.162 e. The summed E-state index contributed by atoms with van der Waals surface area (Å²) in [6, 6.07) is 0.516. The number of fused-ring (bicyclic) bond motifs is 1. The molecule has 7 heteroatoms. The summed E-state index contributed by atoms with van der Waals surface area (Å²) in [5, 5.41) is 14.7. The Morgan fingerprint density at radius 2 is 2.14 bits per heavy atom. The summed E-state index contributed by atoms with van der Waals surface area (Å²) < 4.78 is 1.71. The molecule has 0 saturated heterocycles. The molecule has 1 N–H and O–H groups in total. The zero-order chi connectivity index (χ0) is 14.8. The maximum atomic E-state index is 9.29. The Kier molecular flexibility index (Phi) is 4.37. The monoisotopic (exact) mass is 309 g/mol. The average Bonchev–Trinajstić information content (AvgIpc) is 3.09. The molecule has 1 aliphatic rings. The van der Waals surface area contributed by atoms with E-state index in [-0.39, 0.29) is 6.61 Å². The Morgan fingerprint density at radius 3 is 2.86 bits per heavy atom. The highest BCUT2D eigenvalue weighted by Crippen LogP contribution is 2.25. The number of aryl methyl sites for hydroxylation is 1. The van der Waals surface area contributed by atoms with E-state index in [9.17, 15) is 5.11 Å². The summed E-state index contributed by atoms with van der Waals surface area (Å²) in [5.41, 5.74) is 0.750. The molecule has 0 atom stereocenters. The fourth-order valence-corrected chi connectivity index (χ4v) is 3.30. The number of nitrogens with zero attached hydrogens (tertiary/aromatic N) is 5. The average molecular weight is 310 g/mol. The van der Waals surface area contributed by atoms with Crippen molar-refractivity contribution in [2.75, 3.05) is 13.2 Å². The van der Waals surface area contributed by atoms with Crippen LogP contribution in [0.4, 0.5) is 0 Å². The highest BCUT2D eigenvalue weighted by atomic mass is 35.5. The van der Waals surface area contributed by atoms with Gasteiger partial charge in [-0.1, -0.05) is 24.4 Å². The van der Waals surface area contributed by atoms with Gasteiger partial charge >= 0.3 is 0 Å². The number of aliphatic hydroxyl groups excluding tert-OH is 1. The maximum Gasteiger partial charge on any atom is 0.162 e. The van der Waals surface area contributed by atoms with Gasteiger partial charge in [0.2, 0.25) is 0 Å². The van der Waals surface area contributed by atoms with Gasteiger partial charge in [0.1, 0.15) is 11.0 Å². The predicted molar refractivity (Wildman–Crippen MR) is 81.1 cm³/mol. The van der Waals surface area contributed by atoms with Crippen molar-refractivity contribution < 1.29 is 5.11 Å². The molecule has 0 aliphatic heterocycles. The minimum Gasteiger partial charge on any atom is -0.395 e. The topological polar surface area (TPSA) is 67.1 Å². The number of hydrogen-bond acceptors (Lipinski definition) is 5. The van der Waals surface area contributed by atoms with Crippen molar-refractivity contribution in [1.29, 1.82) is 0 Å². The second-order valence-corrected chi connectivity index (χ2v) is 5.93. The van der Waals surface area contributed by atoms with Gasteiger partial charge in [0.15, 0.2) is 5.65 Å². The molecule has 0 radical (unpaired) electrons. The van der Waals surface area contributed by atoms with Crippen LogP contribution < -0.4 is 0 Å². The lowest BCUT2D eigenvalue weighted by Gasteiger charge is -2.27. The van der Waals surface area contributed by atoms with Crippen LogP contribution in [0.1, 0.15) is 31.5 Å². The van der Waals surface area contributed by atoms with Crippen LogP contribution >= 0.6 is 11.6 Å². The summed E-state index contributed by atoms with van der Waals surface area (Å²) in [5.74, 6) is 0.691. The van der Waals surface area contributed by atoms with Crippen molar-refractivity contribution in [1.82, 2.24) is 24.6 Å². The van der Waals surface area contributed by atoms with E-state index in [4.69, 9.17) is 11.6 Å². The van der Waals surface area contributed by atoms with Crippen LogP contribution in [0, 0.1) is 0 Å². The zero-order valence-electron chi connectivity index (χ0n) is 12.2. The first-order chi connectivity index (χ1) is 10.2. The number of halogens is 1. The SMILES string of the molecule is Cn1ncc2c(Cl)nc(CN(CCO)C3CCCC3)nc21. The van der Waals surface area contributed by atoms with E-state index in [2.05, 4.69) is 20.0 Å². The molecule has 0 spiro atoms. The van der Waals surface area contributed by atoms with Gasteiger partial charge in [0, 0.05) is 19.6 Å². The Labute approximate surface area is 128 Å². The van der Waals surface area contributed by atoms with Crippen molar-refractivity contribution >= 4 is 22.6 Å². The van der Waals surface area contributed by atoms with Gasteiger partial charge in [-0.15, -0.1) is 0 Å². The highest BCUT2D eigenvalue weighted by Gasteiger charge is 2.23. The Morgan fingerprint density at radius 1 is 1.38 bits per heavy atom. The van der Waals surface area contributed by atoms with E-state index in [1.807, 2.05) is 7.05 Å². The number of aliphatic hydroxyl groups is 1. The molecule has 2 aromatic heterocycles. The van der Waals surface area contributed by atoms with Crippen LogP contribution in [-0.4, -0.2) is 48.9 Å². The van der Waals surface area contributed by atoms with E-state index in [1.54, 1.807) is 10.9 Å². The second-order valence-electron chi connectivity index (χ2n) is 5.57. The Balaban J connectivity index is 1.86. The summed E-state index contributed by atoms with van der Waals surface area (Å²) in [4.78, 5) is 11.2. The molecular weight excluding hydrogens is 290 g/mol. The lowest BCUT2D eigenvalue weighted by Crippen LogP contribution is -2.35. The molecule has 0 bridgehead atoms. The fourth-order valence-electron chi connectivity index (χ4n) is 3.07. The zero-order valence-corrected chi connectivity index (χ0v) is 12.9. The van der Waals surface area contributed by atoms with Gasteiger partial charge in [-0.25, -0.2) is 9.97 Å². The van der Waals surface area contributed by atoms with Crippen molar-refractivity contribution in [3.8, 4) is 0 Å². The molecular formula is C14H20ClN5O. The molecule has 0 unspecified atom stereocenters. The quantitative estimate of drug-likeness (QED) is 0.852. The molecule has 114 valence electrons. The third-order valence-corrected chi connectivity index (χ3v) is 4.45. The van der Waals surface area contributed by atoms with Gasteiger partial charge in [-0.3, -0.25) is 9.58 Å². The lowest BCUT2D eigenvalue weighted by molar-refractivity contribution is 0.142. The van der Waals surface area contributed by atoms with E-state index >= 15 is 0 Å². The van der Waals surface area contributed by atoms with Crippen LogP contribution in [0.15, 0.2) is 6.20 Å². The number of hydrogen-bond donors (Lipinski definition) is 1. The van der Waals surface area contributed by atoms with Crippen molar-refractivity contribution in [3.05, 3.63) is 17.2 Å². The lowest BCUT2D eigenvalue weighted by atomic mass is 10.2. The standard InChI is InChI=1S/C14H20ClN5O/c1-19-14-11(8-16-19)13(15)17-12(18-14)9-20(6-7-21)10-4-2-3-5-10/h8,10,21H,2-7,9H2,1H3. The molecule has 3 rings (SSSR count). The van der Waals surface area contributed by atoms with Gasteiger partial charge in [0.25, 0.3) is 0 Å². The van der Waals surface area contributed by atoms with Crippen LogP contribution in [0.3, 0.4) is 0 Å². The largest absolute Gasteiger partial charge is 0.395 e. The van der Waals surface area contributed by atoms with Gasteiger partial charge < -0.3 is 5.11 Å². The van der Waals surface area contributed by atoms with Gasteiger partial charge in [-0.2, -0.15) is 5.10 Å². The minimum absolute atomic E-state index is 0.151. The normalized spacial score (nSPS) is 16.4. The molecule has 0 aromatic carbocycles. The molecule has 1 fully saturated rings. The molecule has 2 aromatic rings. The second kappa shape index (κ2) is 6.25. The first-order valence-corrected chi connectivity index (χ1v) is 7.76. The van der Waals surface area contributed by atoms with Crippen LogP contribution in [0.25, 0.3) is 11.0 Å². The molecule has 2 heterocycles. The Hall–Kier alpha value is -1.24. The third kappa shape index (κ3) is 3.02. The predicted octanol–water partition coefficient (Wildman–Crippen LogP) is 1.75. The van der Waals surface area contributed by atoms with Crippen LogP contribution in [0.2, 0.25) is 5.15 Å². The van der Waals surface area contributed by atoms with Crippen molar-refractivity contribution in [3.63, 3.8) is 0 Å². The number of aromatic nitrogens is 4. The minimum atomic E-state index is 0.151. The van der Waals surface area contributed by atoms with Gasteiger partial charge in [-0.05, 0) is 12.8 Å². The van der Waals surface area contributed by atoms with Crippen molar-refractivity contribution in [2.24, 2.45) is 7.05 Å². The van der Waals surface area contributed by atoms with E-state index in [1.165, 1.54) is 25.7 Å². The molecule has 0 amide bonds. The van der Waals surface area contributed by atoms with Crippen LogP contribution in [0.5, 0.6) is 0 Å². The fraction of sp³-hybridized carbons (Fsp3) is 0.643. The third-order valence-electron chi connectivity index (χ3n) is 4.16. The summed E-state index contributed by atoms with van der Waals surface area (Å²) in [7, 11) is 1.85. The summed E-state index contributed by atoms with van der Waals surface area (Å²) in [6.45, 7) is 1.42. The van der Waals surface area contributed by atoms with Gasteiger partial charge in [0.05, 0.1) is 24.7 Å².